The smallest absolute Gasteiger partial charge is 0.405 e. The molecule has 250 valence electrons. The van der Waals surface area contributed by atoms with Crippen LogP contribution in [0.15, 0.2) is 0 Å². The van der Waals surface area contributed by atoms with Crippen LogP contribution in [0.3, 0.4) is 0 Å². The third kappa shape index (κ3) is 4.63. The van der Waals surface area contributed by atoms with Crippen molar-refractivity contribution in [1.82, 2.24) is 0 Å². The number of halogens is 2. The quantitative estimate of drug-likeness (QED) is 0.146. The summed E-state index contributed by atoms with van der Waals surface area (Å²) >= 11 is 0. The van der Waals surface area contributed by atoms with E-state index in [1.807, 2.05) is 6.92 Å². The minimum Gasteiger partial charge on any atom is -0.458 e. The van der Waals surface area contributed by atoms with E-state index in [2.05, 4.69) is 4.74 Å². The van der Waals surface area contributed by atoms with E-state index < -0.39 is 100 Å². The summed E-state index contributed by atoms with van der Waals surface area (Å²) in [7, 11) is -5.84. The average molecular weight is 663 g/mol. The van der Waals surface area contributed by atoms with Crippen molar-refractivity contribution in [3.8, 4) is 0 Å². The first-order valence-electron chi connectivity index (χ1n) is 15.6. The third-order valence-electron chi connectivity index (χ3n) is 11.8. The molecule has 1 N–H and O–H groups in total. The van der Waals surface area contributed by atoms with E-state index in [1.54, 1.807) is 0 Å². The van der Waals surface area contributed by atoms with E-state index in [1.165, 1.54) is 19.3 Å². The second kappa shape index (κ2) is 10.5. The Labute approximate surface area is 257 Å². The Morgan fingerprint density at radius 2 is 1.73 bits per heavy atom. The lowest BCUT2D eigenvalue weighted by molar-refractivity contribution is -0.185. The average Bonchev–Trinajstić information content (AvgIpc) is 3.80. The number of ether oxygens (including phenoxy) is 6. The third-order valence-corrected chi connectivity index (χ3v) is 12.8. The summed E-state index contributed by atoms with van der Waals surface area (Å²) in [6.07, 6.45) is -0.0672. The van der Waals surface area contributed by atoms with Gasteiger partial charge in [0.2, 0.25) is 0 Å². The van der Waals surface area contributed by atoms with Crippen LogP contribution in [0.2, 0.25) is 0 Å². The van der Waals surface area contributed by atoms with Gasteiger partial charge in [-0.2, -0.15) is 17.2 Å². The molecule has 13 nitrogen and oxygen atoms in total. The first-order chi connectivity index (χ1) is 21.2. The van der Waals surface area contributed by atoms with Gasteiger partial charge >= 0.3 is 39.2 Å². The van der Waals surface area contributed by atoms with Gasteiger partial charge in [-0.1, -0.05) is 6.92 Å². The fourth-order valence-electron chi connectivity index (χ4n) is 10.2. The Hall–Kier alpha value is -2.43. The molecule has 3 saturated heterocycles. The molecular formula is C29H36F2O13S. The van der Waals surface area contributed by atoms with E-state index in [0.29, 0.717) is 37.0 Å². The zero-order valence-electron chi connectivity index (χ0n) is 24.7. The molecule has 4 aliphatic carbocycles. The number of alkyl halides is 2. The summed E-state index contributed by atoms with van der Waals surface area (Å²) in [6.45, 7) is 0.724. The Kier molecular flexibility index (Phi) is 7.30. The van der Waals surface area contributed by atoms with Crippen LogP contribution >= 0.6 is 0 Å². The van der Waals surface area contributed by atoms with Crippen molar-refractivity contribution in [2.24, 2.45) is 47.3 Å². The second-order valence-corrected chi connectivity index (χ2v) is 15.3. The fourth-order valence-corrected chi connectivity index (χ4v) is 10.7. The van der Waals surface area contributed by atoms with Crippen LogP contribution in [-0.2, 0) is 57.7 Å². The summed E-state index contributed by atoms with van der Waals surface area (Å²) in [5.74, 6) is -1.96. The molecule has 0 radical (unpaired) electrons. The van der Waals surface area contributed by atoms with Crippen molar-refractivity contribution < 1.29 is 69.4 Å². The molecule has 0 spiro atoms. The van der Waals surface area contributed by atoms with E-state index in [0.717, 1.165) is 24.7 Å². The molecule has 0 aromatic carbocycles. The van der Waals surface area contributed by atoms with Gasteiger partial charge in [-0.05, 0) is 75.0 Å². The monoisotopic (exact) mass is 662 g/mol. The van der Waals surface area contributed by atoms with Crippen LogP contribution in [0.5, 0.6) is 0 Å². The van der Waals surface area contributed by atoms with Crippen LogP contribution in [0, 0.1) is 47.3 Å². The van der Waals surface area contributed by atoms with E-state index in [9.17, 15) is 36.4 Å². The first kappa shape index (κ1) is 31.2. The van der Waals surface area contributed by atoms with Crippen molar-refractivity contribution in [3.05, 3.63) is 0 Å². The highest BCUT2D eigenvalue weighted by molar-refractivity contribution is 7.86. The van der Waals surface area contributed by atoms with E-state index >= 15 is 0 Å². The molecule has 4 saturated carbocycles. The van der Waals surface area contributed by atoms with Crippen molar-refractivity contribution in [2.75, 3.05) is 13.2 Å². The molecule has 3 aliphatic heterocycles. The minimum absolute atomic E-state index is 0.291. The lowest BCUT2D eigenvalue weighted by Crippen LogP contribution is -2.52. The summed E-state index contributed by atoms with van der Waals surface area (Å²) in [5, 5.41) is -4.76. The molecule has 0 aromatic rings. The number of hydrogen-bond acceptors (Lipinski definition) is 12. The predicted octanol–water partition coefficient (Wildman–Crippen LogP) is 1.66. The molecule has 7 rings (SSSR count). The van der Waals surface area contributed by atoms with Crippen LogP contribution in [0.25, 0.3) is 0 Å². The van der Waals surface area contributed by atoms with Gasteiger partial charge in [-0.25, -0.2) is 9.59 Å². The topological polar surface area (TPSA) is 178 Å². The largest absolute Gasteiger partial charge is 0.458 e. The van der Waals surface area contributed by atoms with Gasteiger partial charge < -0.3 is 28.4 Å². The Bertz CT molecular complexity index is 1400. The maximum absolute atomic E-state index is 13.9. The number of esters is 4. The highest BCUT2D eigenvalue weighted by Gasteiger charge is 2.73. The summed E-state index contributed by atoms with van der Waals surface area (Å²) < 4.78 is 89.8. The fraction of sp³-hybridized carbons (Fsp3) is 0.862. The maximum Gasteiger partial charge on any atom is 0.405 e. The van der Waals surface area contributed by atoms with Crippen molar-refractivity contribution >= 4 is 34.0 Å². The van der Waals surface area contributed by atoms with Crippen molar-refractivity contribution in [2.45, 2.75) is 93.7 Å². The summed E-state index contributed by atoms with van der Waals surface area (Å²) in [6, 6.07) is 0. The molecule has 7 fully saturated rings. The highest BCUT2D eigenvalue weighted by atomic mass is 32.2. The SMILES string of the molecule is CCC1(OC(=O)C2C3OC4C(OC(=O)C42)C3OC(=O)COCC(=O)OC(C)C(F)(F)S(=O)(=O)O)CC2CC1C1C3CCC(C3)C21. The van der Waals surface area contributed by atoms with Gasteiger partial charge in [-0.3, -0.25) is 14.1 Å². The van der Waals surface area contributed by atoms with E-state index in [4.69, 9.17) is 28.2 Å². The van der Waals surface area contributed by atoms with Gasteiger partial charge in [0.1, 0.15) is 42.9 Å². The minimum atomic E-state index is -5.84. The molecule has 6 bridgehead atoms. The lowest BCUT2D eigenvalue weighted by Gasteiger charge is -2.46. The molecular weight excluding hydrogens is 626 g/mol. The van der Waals surface area contributed by atoms with Crippen LogP contribution < -0.4 is 0 Å². The van der Waals surface area contributed by atoms with E-state index in [-0.39, 0.29) is 0 Å². The molecule has 14 atom stereocenters. The van der Waals surface area contributed by atoms with Crippen molar-refractivity contribution in [3.63, 3.8) is 0 Å². The summed E-state index contributed by atoms with van der Waals surface area (Å²) in [5.41, 5.74) is -0.603. The second-order valence-electron chi connectivity index (χ2n) is 13.8. The van der Waals surface area contributed by atoms with Gasteiger partial charge in [-0.15, -0.1) is 0 Å². The normalized spacial score (nSPS) is 44.2. The van der Waals surface area contributed by atoms with Gasteiger partial charge in [0.15, 0.2) is 18.3 Å². The standard InChI is InChI=1S/C29H36F2O13S/c1-3-28(8-14-7-15(28)19-13-5-4-12(6-13)18(14)19)44-27(35)21-20-22-25(43-26(20)34)24(23(21)42-22)41-17(33)10-39-9-16(32)40-11(2)29(30,31)45(36,37)38/h11-15,18-25H,3-10H2,1-2H3,(H,36,37,38). The molecule has 14 unspecified atom stereocenters. The molecule has 0 amide bonds. The zero-order chi connectivity index (χ0) is 32.2. The molecule has 3 heterocycles. The first-order valence-corrected chi connectivity index (χ1v) is 17.0. The predicted molar refractivity (Wildman–Crippen MR) is 141 cm³/mol. The Balaban J connectivity index is 0.963. The zero-order valence-corrected chi connectivity index (χ0v) is 25.5. The maximum atomic E-state index is 13.9. The number of fused-ring (bicyclic) bond motifs is 10. The summed E-state index contributed by atoms with van der Waals surface area (Å²) in [4.78, 5) is 51.1. The molecule has 16 heteroatoms. The molecule has 0 aromatic heterocycles. The van der Waals surface area contributed by atoms with Crippen LogP contribution in [0.1, 0.15) is 52.4 Å². The number of rotatable bonds is 11. The Morgan fingerprint density at radius 1 is 1.04 bits per heavy atom. The Morgan fingerprint density at radius 3 is 2.42 bits per heavy atom. The number of hydrogen-bond donors (Lipinski definition) is 1. The van der Waals surface area contributed by atoms with Crippen LogP contribution in [-0.4, -0.2) is 91.4 Å². The lowest BCUT2D eigenvalue weighted by atomic mass is 9.65. The highest BCUT2D eigenvalue weighted by Crippen LogP contribution is 2.71. The van der Waals surface area contributed by atoms with Crippen molar-refractivity contribution in [1.29, 1.82) is 0 Å². The van der Waals surface area contributed by atoms with Gasteiger partial charge in [0, 0.05) is 5.92 Å². The molecule has 7 aliphatic rings. The number of carbonyl (C=O) groups excluding carboxylic acids is 4. The molecule has 45 heavy (non-hydrogen) atoms. The van der Waals surface area contributed by atoms with Gasteiger partial charge in [0.05, 0.1) is 0 Å². The van der Waals surface area contributed by atoms with Crippen LogP contribution in [0.4, 0.5) is 8.78 Å². The number of carbonyl (C=O) groups is 4. The van der Waals surface area contributed by atoms with Gasteiger partial charge in [0.25, 0.3) is 0 Å².